The number of benzene rings is 2. The van der Waals surface area contributed by atoms with Crippen LogP contribution in [-0.4, -0.2) is 0 Å². The fourth-order valence-corrected chi connectivity index (χ4v) is 2.22. The van der Waals surface area contributed by atoms with Crippen LogP contribution in [0.1, 0.15) is 36.5 Å². The molecule has 0 aliphatic carbocycles. The lowest BCUT2D eigenvalue weighted by Crippen LogP contribution is -1.95. The van der Waals surface area contributed by atoms with Gasteiger partial charge in [0.15, 0.2) is 5.75 Å². The van der Waals surface area contributed by atoms with E-state index >= 15 is 0 Å². The summed E-state index contributed by atoms with van der Waals surface area (Å²) in [6.07, 6.45) is 0. The van der Waals surface area contributed by atoms with Gasteiger partial charge < -0.3 is 10.5 Å². The van der Waals surface area contributed by atoms with E-state index in [1.165, 1.54) is 11.1 Å². The summed E-state index contributed by atoms with van der Waals surface area (Å²) >= 11 is 0. The molecule has 0 unspecified atom stereocenters. The van der Waals surface area contributed by atoms with Crippen LogP contribution in [0.4, 0.5) is 5.69 Å². The molecular formula is C17H21NO. The standard InChI is InChI=1S/C17H21NO/c1-11(2)15-7-6-14(10-13(15)4)19-17-9-12(3)5-8-16(17)18/h5-11H,18H2,1-4H3. The zero-order chi connectivity index (χ0) is 14.0. The highest BCUT2D eigenvalue weighted by molar-refractivity contribution is 5.55. The van der Waals surface area contributed by atoms with Gasteiger partial charge in [0, 0.05) is 0 Å². The Balaban J connectivity index is 2.29. The molecule has 0 aromatic heterocycles. The smallest absolute Gasteiger partial charge is 0.150 e. The van der Waals surface area contributed by atoms with Gasteiger partial charge in [0.05, 0.1) is 5.69 Å². The topological polar surface area (TPSA) is 35.2 Å². The van der Waals surface area contributed by atoms with Gasteiger partial charge in [0.1, 0.15) is 5.75 Å². The van der Waals surface area contributed by atoms with Crippen LogP contribution in [0.25, 0.3) is 0 Å². The minimum Gasteiger partial charge on any atom is -0.455 e. The van der Waals surface area contributed by atoms with Crippen LogP contribution in [0.5, 0.6) is 11.5 Å². The Bertz CT molecular complexity index is 588. The van der Waals surface area contributed by atoms with Gasteiger partial charge in [0.25, 0.3) is 0 Å². The Hall–Kier alpha value is -1.96. The summed E-state index contributed by atoms with van der Waals surface area (Å²) in [6, 6.07) is 12.0. The Kier molecular flexibility index (Phi) is 3.79. The number of hydrogen-bond acceptors (Lipinski definition) is 2. The SMILES string of the molecule is Cc1ccc(N)c(Oc2ccc(C(C)C)c(C)c2)c1. The van der Waals surface area contributed by atoms with E-state index in [1.807, 2.05) is 31.2 Å². The lowest BCUT2D eigenvalue weighted by molar-refractivity contribution is 0.484. The van der Waals surface area contributed by atoms with E-state index in [2.05, 4.69) is 32.9 Å². The number of nitrogen functional groups attached to an aromatic ring is 1. The highest BCUT2D eigenvalue weighted by Crippen LogP contribution is 2.30. The Morgan fingerprint density at radius 3 is 2.37 bits per heavy atom. The largest absolute Gasteiger partial charge is 0.455 e. The number of ether oxygens (including phenoxy) is 1. The van der Waals surface area contributed by atoms with E-state index < -0.39 is 0 Å². The van der Waals surface area contributed by atoms with Gasteiger partial charge >= 0.3 is 0 Å². The number of rotatable bonds is 3. The normalized spacial score (nSPS) is 10.8. The van der Waals surface area contributed by atoms with Crippen molar-refractivity contribution in [2.45, 2.75) is 33.6 Å². The number of nitrogens with two attached hydrogens (primary N) is 1. The third-order valence-electron chi connectivity index (χ3n) is 3.26. The molecule has 0 amide bonds. The first-order valence-electron chi connectivity index (χ1n) is 6.62. The molecule has 2 N–H and O–H groups in total. The van der Waals surface area contributed by atoms with E-state index in [9.17, 15) is 0 Å². The summed E-state index contributed by atoms with van der Waals surface area (Å²) in [5.41, 5.74) is 10.3. The third-order valence-corrected chi connectivity index (χ3v) is 3.26. The van der Waals surface area contributed by atoms with Crippen molar-refractivity contribution in [1.29, 1.82) is 0 Å². The molecule has 2 rings (SSSR count). The zero-order valence-corrected chi connectivity index (χ0v) is 12.0. The van der Waals surface area contributed by atoms with Crippen molar-refractivity contribution in [2.24, 2.45) is 0 Å². The van der Waals surface area contributed by atoms with Crippen molar-refractivity contribution in [3.05, 3.63) is 53.1 Å². The van der Waals surface area contributed by atoms with E-state index in [0.717, 1.165) is 17.1 Å². The maximum atomic E-state index is 5.93. The van der Waals surface area contributed by atoms with Crippen LogP contribution >= 0.6 is 0 Å². The highest BCUT2D eigenvalue weighted by atomic mass is 16.5. The number of aryl methyl sites for hydroxylation is 2. The van der Waals surface area contributed by atoms with Crippen LogP contribution in [0, 0.1) is 13.8 Å². The van der Waals surface area contributed by atoms with E-state index in [4.69, 9.17) is 10.5 Å². The van der Waals surface area contributed by atoms with Crippen molar-refractivity contribution in [3.8, 4) is 11.5 Å². The van der Waals surface area contributed by atoms with E-state index in [1.54, 1.807) is 0 Å². The van der Waals surface area contributed by atoms with E-state index in [0.29, 0.717) is 11.6 Å². The van der Waals surface area contributed by atoms with Gasteiger partial charge in [-0.15, -0.1) is 0 Å². The third kappa shape index (κ3) is 3.08. The monoisotopic (exact) mass is 255 g/mol. The second kappa shape index (κ2) is 5.35. The van der Waals surface area contributed by atoms with Crippen LogP contribution < -0.4 is 10.5 Å². The average molecular weight is 255 g/mol. The first-order chi connectivity index (χ1) is 8.97. The van der Waals surface area contributed by atoms with Crippen LogP contribution in [-0.2, 0) is 0 Å². The lowest BCUT2D eigenvalue weighted by Gasteiger charge is -2.13. The van der Waals surface area contributed by atoms with Crippen molar-refractivity contribution >= 4 is 5.69 Å². The van der Waals surface area contributed by atoms with Gasteiger partial charge in [-0.2, -0.15) is 0 Å². The summed E-state index contributed by atoms with van der Waals surface area (Å²) < 4.78 is 5.88. The number of hydrogen-bond donors (Lipinski definition) is 1. The molecule has 0 aliphatic rings. The Morgan fingerprint density at radius 1 is 1.00 bits per heavy atom. The molecule has 100 valence electrons. The summed E-state index contributed by atoms with van der Waals surface area (Å²) in [5, 5.41) is 0. The zero-order valence-electron chi connectivity index (χ0n) is 12.0. The van der Waals surface area contributed by atoms with Crippen molar-refractivity contribution in [2.75, 3.05) is 5.73 Å². The predicted octanol–water partition coefficient (Wildman–Crippen LogP) is 4.80. The minimum absolute atomic E-state index is 0.526. The van der Waals surface area contributed by atoms with Gasteiger partial charge in [-0.1, -0.05) is 26.0 Å². The lowest BCUT2D eigenvalue weighted by atomic mass is 9.98. The minimum atomic E-state index is 0.526. The van der Waals surface area contributed by atoms with Gasteiger partial charge in [-0.3, -0.25) is 0 Å². The molecule has 0 spiro atoms. The average Bonchev–Trinajstić information content (AvgIpc) is 2.33. The Labute approximate surface area is 115 Å². The fourth-order valence-electron chi connectivity index (χ4n) is 2.22. The second-order valence-electron chi connectivity index (χ2n) is 5.32. The molecule has 0 aliphatic heterocycles. The highest BCUT2D eigenvalue weighted by Gasteiger charge is 2.07. The predicted molar refractivity (Wildman–Crippen MR) is 80.9 cm³/mol. The molecule has 19 heavy (non-hydrogen) atoms. The summed E-state index contributed by atoms with van der Waals surface area (Å²) in [7, 11) is 0. The molecule has 2 nitrogen and oxygen atoms in total. The molecule has 2 aromatic rings. The summed E-state index contributed by atoms with van der Waals surface area (Å²) in [6.45, 7) is 8.53. The van der Waals surface area contributed by atoms with Crippen molar-refractivity contribution < 1.29 is 4.74 Å². The van der Waals surface area contributed by atoms with Crippen LogP contribution in [0.15, 0.2) is 36.4 Å². The summed E-state index contributed by atoms with van der Waals surface area (Å²) in [4.78, 5) is 0. The molecule has 0 bridgehead atoms. The summed E-state index contributed by atoms with van der Waals surface area (Å²) in [5.74, 6) is 2.08. The second-order valence-corrected chi connectivity index (χ2v) is 5.32. The molecule has 0 atom stereocenters. The maximum Gasteiger partial charge on any atom is 0.150 e. The fraction of sp³-hybridized carbons (Fsp3) is 0.294. The van der Waals surface area contributed by atoms with E-state index in [-0.39, 0.29) is 0 Å². The molecule has 0 saturated carbocycles. The van der Waals surface area contributed by atoms with Crippen molar-refractivity contribution in [3.63, 3.8) is 0 Å². The molecule has 2 heteroatoms. The molecule has 0 radical (unpaired) electrons. The van der Waals surface area contributed by atoms with Crippen LogP contribution in [0.3, 0.4) is 0 Å². The van der Waals surface area contributed by atoms with Gasteiger partial charge in [-0.05, 0) is 60.7 Å². The molecule has 0 saturated heterocycles. The molecule has 0 heterocycles. The Morgan fingerprint density at radius 2 is 1.74 bits per heavy atom. The molecule has 0 fully saturated rings. The quantitative estimate of drug-likeness (QED) is 0.799. The first kappa shape index (κ1) is 13.5. The maximum absolute atomic E-state index is 5.93. The van der Waals surface area contributed by atoms with Crippen LogP contribution in [0.2, 0.25) is 0 Å². The van der Waals surface area contributed by atoms with Gasteiger partial charge in [-0.25, -0.2) is 0 Å². The first-order valence-corrected chi connectivity index (χ1v) is 6.62. The molecule has 2 aromatic carbocycles. The van der Waals surface area contributed by atoms with Gasteiger partial charge in [0.2, 0.25) is 0 Å². The van der Waals surface area contributed by atoms with Crippen molar-refractivity contribution in [1.82, 2.24) is 0 Å². The number of anilines is 1. The molecular weight excluding hydrogens is 234 g/mol.